The fourth-order valence-electron chi connectivity index (χ4n) is 1.72. The Hall–Kier alpha value is -1.55. The number of aliphatic hydroxyl groups excluding tert-OH is 2. The van der Waals surface area contributed by atoms with Crippen molar-refractivity contribution >= 4 is 0 Å². The highest BCUT2D eigenvalue weighted by atomic mass is 19.1. The van der Waals surface area contributed by atoms with Crippen LogP contribution in [-0.2, 0) is 9.47 Å². The predicted octanol–water partition coefficient (Wildman–Crippen LogP) is -0.641. The molecular weight excluding hydrogens is 299 g/mol. The lowest BCUT2D eigenvalue weighted by atomic mass is 10.3. The fraction of sp³-hybridized carbons (Fsp3) is 0.692. The average molecular weight is 320 g/mol. The number of nitrogens with one attached hydrogen (secondary N) is 1. The van der Waals surface area contributed by atoms with Gasteiger partial charge in [0.2, 0.25) is 5.82 Å². The summed E-state index contributed by atoms with van der Waals surface area (Å²) in [4.78, 5) is 24.7. The van der Waals surface area contributed by atoms with Crippen LogP contribution in [0.5, 0.6) is 0 Å². The molecule has 0 aromatic carbocycles. The molecule has 0 aliphatic heterocycles. The first-order valence-corrected chi connectivity index (χ1v) is 6.88. The molecule has 0 fully saturated rings. The van der Waals surface area contributed by atoms with Gasteiger partial charge in [-0.05, 0) is 13.8 Å². The van der Waals surface area contributed by atoms with E-state index in [1.54, 1.807) is 13.8 Å². The molecule has 126 valence electrons. The molecule has 0 radical (unpaired) electrons. The van der Waals surface area contributed by atoms with Crippen LogP contribution in [0, 0.1) is 5.82 Å². The van der Waals surface area contributed by atoms with Crippen molar-refractivity contribution in [1.82, 2.24) is 9.55 Å². The topological polar surface area (TPSA) is 114 Å². The van der Waals surface area contributed by atoms with Gasteiger partial charge in [-0.1, -0.05) is 0 Å². The van der Waals surface area contributed by atoms with Crippen molar-refractivity contribution in [2.24, 2.45) is 0 Å². The third kappa shape index (κ3) is 5.68. The lowest BCUT2D eigenvalue weighted by Crippen LogP contribution is -2.36. The third-order valence-electron chi connectivity index (χ3n) is 2.69. The van der Waals surface area contributed by atoms with Crippen molar-refractivity contribution in [3.05, 3.63) is 32.9 Å². The molecule has 0 saturated carbocycles. The predicted molar refractivity (Wildman–Crippen MR) is 75.1 cm³/mol. The second kappa shape index (κ2) is 8.79. The highest BCUT2D eigenvalue weighted by molar-refractivity contribution is 4.88. The van der Waals surface area contributed by atoms with E-state index in [1.165, 1.54) is 0 Å². The minimum absolute atomic E-state index is 0.0697. The number of halogens is 1. The molecule has 0 amide bonds. The van der Waals surface area contributed by atoms with Crippen molar-refractivity contribution < 1.29 is 24.1 Å². The largest absolute Gasteiger partial charge is 0.394 e. The lowest BCUT2D eigenvalue weighted by molar-refractivity contribution is -0.0656. The summed E-state index contributed by atoms with van der Waals surface area (Å²) in [7, 11) is 0. The Labute approximate surface area is 126 Å². The Morgan fingerprint density at radius 2 is 2.09 bits per heavy atom. The van der Waals surface area contributed by atoms with Gasteiger partial charge in [0.15, 0.2) is 0 Å². The van der Waals surface area contributed by atoms with Crippen LogP contribution in [0.1, 0.15) is 26.5 Å². The van der Waals surface area contributed by atoms with E-state index in [-0.39, 0.29) is 25.7 Å². The first-order chi connectivity index (χ1) is 10.3. The van der Waals surface area contributed by atoms with E-state index in [4.69, 9.17) is 19.7 Å². The average Bonchev–Trinajstić information content (AvgIpc) is 2.45. The quantitative estimate of drug-likeness (QED) is 0.522. The molecule has 3 N–H and O–H groups in total. The highest BCUT2D eigenvalue weighted by Crippen LogP contribution is 2.14. The Morgan fingerprint density at radius 1 is 1.41 bits per heavy atom. The second-order valence-corrected chi connectivity index (χ2v) is 4.98. The molecule has 0 aliphatic carbocycles. The summed E-state index contributed by atoms with van der Waals surface area (Å²) in [6.07, 6.45) is -1.07. The molecule has 9 heteroatoms. The van der Waals surface area contributed by atoms with Crippen LogP contribution in [0.2, 0.25) is 0 Å². The summed E-state index contributed by atoms with van der Waals surface area (Å²) < 4.78 is 25.0. The number of aliphatic hydroxyl groups is 2. The number of nitrogens with zero attached hydrogens (tertiary/aromatic N) is 1. The van der Waals surface area contributed by atoms with Crippen LogP contribution in [0.3, 0.4) is 0 Å². The van der Waals surface area contributed by atoms with Gasteiger partial charge in [0, 0.05) is 6.42 Å². The fourth-order valence-corrected chi connectivity index (χ4v) is 1.72. The summed E-state index contributed by atoms with van der Waals surface area (Å²) in [6.45, 7) is 3.12. The summed E-state index contributed by atoms with van der Waals surface area (Å²) in [5.41, 5.74) is -1.88. The maximum Gasteiger partial charge on any atom is 0.330 e. The van der Waals surface area contributed by atoms with Crippen molar-refractivity contribution in [3.63, 3.8) is 0 Å². The Morgan fingerprint density at radius 3 is 2.68 bits per heavy atom. The van der Waals surface area contributed by atoms with Gasteiger partial charge >= 0.3 is 5.69 Å². The van der Waals surface area contributed by atoms with Gasteiger partial charge in [-0.15, -0.1) is 0 Å². The summed E-state index contributed by atoms with van der Waals surface area (Å²) in [6, 6.07) is 0. The van der Waals surface area contributed by atoms with Crippen molar-refractivity contribution in [3.8, 4) is 0 Å². The molecule has 0 aliphatic rings. The standard InChI is InChI=1S/C13H21FN2O6/c1-8(2)22-11(3-4-21-7-9(18)6-17)16-5-10(14)12(19)15-13(16)20/h5,8-9,11,17-18H,3-4,6-7H2,1-2H3,(H,15,19,20). The zero-order valence-corrected chi connectivity index (χ0v) is 12.5. The SMILES string of the molecule is CC(C)OC(CCOCC(O)CO)n1cc(F)c(=O)[nH]c1=O. The molecule has 1 aromatic rings. The molecule has 2 atom stereocenters. The van der Waals surface area contributed by atoms with Crippen LogP contribution in [0.4, 0.5) is 4.39 Å². The van der Waals surface area contributed by atoms with E-state index in [9.17, 15) is 14.0 Å². The van der Waals surface area contributed by atoms with Gasteiger partial charge in [0.1, 0.15) is 12.3 Å². The summed E-state index contributed by atoms with van der Waals surface area (Å²) >= 11 is 0. The number of ether oxygens (including phenoxy) is 2. The Kier molecular flexibility index (Phi) is 7.39. The second-order valence-electron chi connectivity index (χ2n) is 4.98. The zero-order chi connectivity index (χ0) is 16.7. The smallest absolute Gasteiger partial charge is 0.330 e. The van der Waals surface area contributed by atoms with E-state index >= 15 is 0 Å². The van der Waals surface area contributed by atoms with Gasteiger partial charge in [-0.25, -0.2) is 4.79 Å². The zero-order valence-electron chi connectivity index (χ0n) is 12.5. The van der Waals surface area contributed by atoms with E-state index in [0.717, 1.165) is 10.8 Å². The molecule has 1 aromatic heterocycles. The summed E-state index contributed by atoms with van der Waals surface area (Å²) in [5.74, 6) is -1.09. The molecule has 0 saturated heterocycles. The van der Waals surface area contributed by atoms with Gasteiger partial charge in [0.25, 0.3) is 5.56 Å². The van der Waals surface area contributed by atoms with E-state index < -0.39 is 36.0 Å². The Bertz CT molecular complexity index is 570. The van der Waals surface area contributed by atoms with Gasteiger partial charge in [-0.3, -0.25) is 14.3 Å². The van der Waals surface area contributed by atoms with Crippen molar-refractivity contribution in [2.45, 2.75) is 38.7 Å². The number of rotatable bonds is 9. The van der Waals surface area contributed by atoms with Gasteiger partial charge in [0.05, 0.1) is 32.1 Å². The van der Waals surface area contributed by atoms with Gasteiger partial charge < -0.3 is 19.7 Å². The van der Waals surface area contributed by atoms with Gasteiger partial charge in [-0.2, -0.15) is 4.39 Å². The van der Waals surface area contributed by atoms with E-state index in [0.29, 0.717) is 0 Å². The first kappa shape index (κ1) is 18.5. The van der Waals surface area contributed by atoms with Crippen LogP contribution >= 0.6 is 0 Å². The van der Waals surface area contributed by atoms with Crippen molar-refractivity contribution in [1.29, 1.82) is 0 Å². The molecule has 2 unspecified atom stereocenters. The van der Waals surface area contributed by atoms with Crippen LogP contribution in [-0.4, -0.2) is 51.8 Å². The third-order valence-corrected chi connectivity index (χ3v) is 2.69. The minimum Gasteiger partial charge on any atom is -0.394 e. The number of aromatic nitrogens is 2. The molecule has 1 heterocycles. The lowest BCUT2D eigenvalue weighted by Gasteiger charge is -2.22. The maximum absolute atomic E-state index is 13.3. The first-order valence-electron chi connectivity index (χ1n) is 6.88. The van der Waals surface area contributed by atoms with E-state index in [1.807, 2.05) is 4.98 Å². The normalized spacial score (nSPS) is 14.3. The maximum atomic E-state index is 13.3. The molecule has 8 nitrogen and oxygen atoms in total. The van der Waals surface area contributed by atoms with Crippen LogP contribution in [0.25, 0.3) is 0 Å². The Balaban J connectivity index is 2.78. The minimum atomic E-state index is -1.09. The number of hydrogen-bond donors (Lipinski definition) is 3. The van der Waals surface area contributed by atoms with Crippen molar-refractivity contribution in [2.75, 3.05) is 19.8 Å². The molecule has 1 rings (SSSR count). The monoisotopic (exact) mass is 320 g/mol. The van der Waals surface area contributed by atoms with Crippen LogP contribution in [0.15, 0.2) is 15.8 Å². The van der Waals surface area contributed by atoms with E-state index in [2.05, 4.69) is 0 Å². The van der Waals surface area contributed by atoms with Crippen LogP contribution < -0.4 is 11.2 Å². The molecule has 0 bridgehead atoms. The number of aromatic amines is 1. The molecule has 0 spiro atoms. The highest BCUT2D eigenvalue weighted by Gasteiger charge is 2.17. The number of H-pyrrole nitrogens is 1. The molecular formula is C13H21FN2O6. The molecule has 22 heavy (non-hydrogen) atoms. The summed E-state index contributed by atoms with van der Waals surface area (Å²) in [5, 5.41) is 17.8. The number of hydrogen-bond acceptors (Lipinski definition) is 6.